The second kappa shape index (κ2) is 12.5. The van der Waals surface area contributed by atoms with Crippen molar-refractivity contribution in [3.63, 3.8) is 0 Å². The highest BCUT2D eigenvalue weighted by molar-refractivity contribution is 7.07. The molecule has 0 spiro atoms. The number of aryl methyl sites for hydroxylation is 3. The first-order chi connectivity index (χ1) is 20.3. The number of rotatable bonds is 7. The molecule has 42 heavy (non-hydrogen) atoms. The van der Waals surface area contributed by atoms with Gasteiger partial charge in [-0.25, -0.2) is 0 Å². The summed E-state index contributed by atoms with van der Waals surface area (Å²) in [4.78, 5) is 27.4. The van der Waals surface area contributed by atoms with Crippen molar-refractivity contribution in [2.24, 2.45) is 0 Å². The van der Waals surface area contributed by atoms with Crippen molar-refractivity contribution < 1.29 is 9.53 Å². The van der Waals surface area contributed by atoms with Gasteiger partial charge in [0, 0.05) is 5.69 Å². The molecule has 1 heterocycles. The molecule has 0 bridgehead atoms. The van der Waals surface area contributed by atoms with Crippen molar-refractivity contribution in [2.45, 2.75) is 27.4 Å². The van der Waals surface area contributed by atoms with Crippen molar-refractivity contribution in [3.05, 3.63) is 144 Å². The van der Waals surface area contributed by atoms with Gasteiger partial charge in [-0.05, 0) is 78.9 Å². The maximum absolute atomic E-state index is 13.9. The topological polar surface area (TPSA) is 84.1 Å². The highest BCUT2D eigenvalue weighted by atomic mass is 32.1. The van der Waals surface area contributed by atoms with Crippen LogP contribution >= 0.6 is 11.3 Å². The molecule has 0 unspecified atom stereocenters. The molecular weight excluding hydrogens is 542 g/mol. The molecule has 0 atom stereocenters. The zero-order valence-corrected chi connectivity index (χ0v) is 24.4. The van der Waals surface area contributed by atoms with Crippen molar-refractivity contribution in [1.82, 2.24) is 4.57 Å². The molecule has 5 rings (SSSR count). The fraction of sp³-hybridized carbons (Fsp3) is 0.114. The quantitative estimate of drug-likeness (QED) is 0.278. The van der Waals surface area contributed by atoms with E-state index < -0.39 is 5.91 Å². The normalized spacial score (nSPS) is 12.0. The molecule has 4 aromatic carbocycles. The number of benzene rings is 4. The van der Waals surface area contributed by atoms with Gasteiger partial charge < -0.3 is 10.1 Å². The molecule has 5 aromatic rings. The Labute approximate surface area is 248 Å². The number of hydrogen-bond donors (Lipinski definition) is 1. The first-order valence-corrected chi connectivity index (χ1v) is 14.2. The van der Waals surface area contributed by atoms with Crippen LogP contribution in [0.5, 0.6) is 5.75 Å². The summed E-state index contributed by atoms with van der Waals surface area (Å²) in [5, 5.41) is 13.1. The van der Waals surface area contributed by atoms with E-state index in [-0.39, 0.29) is 15.8 Å². The average molecular weight is 572 g/mol. The van der Waals surface area contributed by atoms with Crippen LogP contribution in [0.25, 0.3) is 17.3 Å². The van der Waals surface area contributed by atoms with Crippen LogP contribution < -0.4 is 24.8 Å². The SMILES string of the molecule is Cc1ccc(C)c(NC(=O)/C(C#N)=c2\s/c(=C/c3cccc(OCc4ccccc4)c3)c(=O)n2-c2ccccc2C)c1. The minimum Gasteiger partial charge on any atom is -0.489 e. The lowest BCUT2D eigenvalue weighted by Gasteiger charge is -2.10. The number of para-hydroxylation sites is 1. The summed E-state index contributed by atoms with van der Waals surface area (Å²) in [5.41, 5.74) is 5.29. The van der Waals surface area contributed by atoms with Gasteiger partial charge in [0.1, 0.15) is 23.1 Å². The van der Waals surface area contributed by atoms with Crippen LogP contribution in [0.2, 0.25) is 0 Å². The third kappa shape index (κ3) is 6.25. The first kappa shape index (κ1) is 28.3. The van der Waals surface area contributed by atoms with Gasteiger partial charge in [-0.1, -0.05) is 72.8 Å². The third-order valence-electron chi connectivity index (χ3n) is 6.78. The molecule has 208 valence electrons. The number of amides is 1. The fourth-order valence-electron chi connectivity index (χ4n) is 4.52. The maximum Gasteiger partial charge on any atom is 0.273 e. The number of anilines is 1. The number of thiazole rings is 1. The largest absolute Gasteiger partial charge is 0.489 e. The van der Waals surface area contributed by atoms with Crippen molar-refractivity contribution in [1.29, 1.82) is 5.26 Å². The molecule has 0 fully saturated rings. The van der Waals surface area contributed by atoms with E-state index in [4.69, 9.17) is 4.74 Å². The van der Waals surface area contributed by atoms with E-state index in [9.17, 15) is 14.9 Å². The number of carbonyl (C=O) groups is 1. The highest BCUT2D eigenvalue weighted by Crippen LogP contribution is 2.18. The molecule has 1 amide bonds. The predicted molar refractivity (Wildman–Crippen MR) is 168 cm³/mol. The maximum atomic E-state index is 13.9. The Bertz CT molecular complexity index is 2000. The summed E-state index contributed by atoms with van der Waals surface area (Å²) in [6.07, 6.45) is 1.76. The second-order valence-corrected chi connectivity index (χ2v) is 11.0. The molecule has 0 saturated heterocycles. The zero-order chi connectivity index (χ0) is 29.6. The van der Waals surface area contributed by atoms with Gasteiger partial charge in [0.2, 0.25) is 0 Å². The summed E-state index contributed by atoms with van der Waals surface area (Å²) in [7, 11) is 0. The van der Waals surface area contributed by atoms with Crippen LogP contribution in [0.3, 0.4) is 0 Å². The van der Waals surface area contributed by atoms with Crippen molar-refractivity contribution in [3.8, 4) is 17.5 Å². The summed E-state index contributed by atoms with van der Waals surface area (Å²) in [6.45, 7) is 6.13. The van der Waals surface area contributed by atoms with E-state index in [0.717, 1.165) is 39.2 Å². The Balaban J connectivity index is 1.62. The average Bonchev–Trinajstić information content (AvgIpc) is 3.30. The van der Waals surface area contributed by atoms with Crippen LogP contribution in [0, 0.1) is 32.1 Å². The highest BCUT2D eigenvalue weighted by Gasteiger charge is 2.18. The van der Waals surface area contributed by atoms with Gasteiger partial charge in [-0.3, -0.25) is 14.2 Å². The number of nitrogens with zero attached hydrogens (tertiary/aromatic N) is 2. The van der Waals surface area contributed by atoms with Gasteiger partial charge in [-0.2, -0.15) is 5.26 Å². The number of nitriles is 1. The molecule has 1 aromatic heterocycles. The monoisotopic (exact) mass is 571 g/mol. The molecule has 6 nitrogen and oxygen atoms in total. The molecule has 0 aliphatic carbocycles. The smallest absolute Gasteiger partial charge is 0.273 e. The van der Waals surface area contributed by atoms with Crippen LogP contribution in [0.1, 0.15) is 27.8 Å². The van der Waals surface area contributed by atoms with E-state index >= 15 is 0 Å². The minimum absolute atomic E-state index is 0.138. The first-order valence-electron chi connectivity index (χ1n) is 13.4. The van der Waals surface area contributed by atoms with E-state index in [1.807, 2.05) is 118 Å². The summed E-state index contributed by atoms with van der Waals surface area (Å²) in [6, 6.07) is 32.6. The lowest BCUT2D eigenvalue weighted by atomic mass is 10.1. The summed E-state index contributed by atoms with van der Waals surface area (Å²) in [5.74, 6) is 0.0958. The zero-order valence-electron chi connectivity index (χ0n) is 23.5. The number of nitrogens with one attached hydrogen (secondary N) is 1. The van der Waals surface area contributed by atoms with Gasteiger partial charge >= 0.3 is 0 Å². The molecule has 0 radical (unpaired) electrons. The predicted octanol–water partition coefficient (Wildman–Crippen LogP) is 5.55. The van der Waals surface area contributed by atoms with Crippen molar-refractivity contribution in [2.75, 3.05) is 5.32 Å². The lowest BCUT2D eigenvalue weighted by Crippen LogP contribution is -2.32. The molecule has 1 N–H and O–H groups in total. The Hall–Kier alpha value is -5.19. The number of carbonyl (C=O) groups excluding carboxylic acids is 1. The van der Waals surface area contributed by atoms with Crippen molar-refractivity contribution >= 4 is 34.6 Å². The summed E-state index contributed by atoms with van der Waals surface area (Å²) < 4.78 is 8.09. The van der Waals surface area contributed by atoms with Gasteiger partial charge in [0.25, 0.3) is 11.5 Å². The van der Waals surface area contributed by atoms with Gasteiger partial charge in [0.05, 0.1) is 10.2 Å². The van der Waals surface area contributed by atoms with E-state index in [1.165, 1.54) is 4.57 Å². The molecule has 0 saturated carbocycles. The molecular formula is C35H29N3O3S. The number of ether oxygens (including phenoxy) is 1. The van der Waals surface area contributed by atoms with Crippen LogP contribution in [-0.2, 0) is 11.4 Å². The standard InChI is InChI=1S/C35H29N3O3S/c1-23-16-17-24(2)30(18-23)37-33(39)29(21-36)35-38(31-15-8-7-10-25(31)3)34(40)32(42-35)20-27-13-9-14-28(19-27)41-22-26-11-5-4-6-12-26/h4-20H,22H2,1-3H3,(H,37,39)/b32-20+,35-29-. The minimum atomic E-state index is -0.572. The molecule has 0 aliphatic heterocycles. The second-order valence-electron chi connectivity index (χ2n) is 9.95. The third-order valence-corrected chi connectivity index (χ3v) is 7.87. The van der Waals surface area contributed by atoms with Crippen LogP contribution in [0.4, 0.5) is 5.69 Å². The van der Waals surface area contributed by atoms with Gasteiger partial charge in [0.15, 0.2) is 5.57 Å². The van der Waals surface area contributed by atoms with E-state index in [2.05, 4.69) is 11.4 Å². The number of aromatic nitrogens is 1. The van der Waals surface area contributed by atoms with Crippen LogP contribution in [-0.4, -0.2) is 10.5 Å². The Morgan fingerprint density at radius 3 is 2.45 bits per heavy atom. The van der Waals surface area contributed by atoms with E-state index in [0.29, 0.717) is 28.3 Å². The van der Waals surface area contributed by atoms with Crippen LogP contribution in [0.15, 0.2) is 102 Å². The Morgan fingerprint density at radius 1 is 0.929 bits per heavy atom. The fourth-order valence-corrected chi connectivity index (χ4v) is 5.62. The Kier molecular flexibility index (Phi) is 8.47. The van der Waals surface area contributed by atoms with Gasteiger partial charge in [-0.15, -0.1) is 11.3 Å². The molecule has 0 aliphatic rings. The Morgan fingerprint density at radius 2 is 1.69 bits per heavy atom. The lowest BCUT2D eigenvalue weighted by molar-refractivity contribution is -0.111. The van der Waals surface area contributed by atoms with E-state index in [1.54, 1.807) is 6.08 Å². The molecule has 7 heteroatoms. The number of hydrogen-bond acceptors (Lipinski definition) is 5. The summed E-state index contributed by atoms with van der Waals surface area (Å²) >= 11 is 1.11.